The van der Waals surface area contributed by atoms with Crippen molar-refractivity contribution in [2.24, 2.45) is 0 Å². The molecule has 6 nitrogen and oxygen atoms in total. The monoisotopic (exact) mass is 437 g/mol. The number of hydrogen-bond donors (Lipinski definition) is 2. The van der Waals surface area contributed by atoms with Crippen LogP contribution in [0, 0.1) is 0 Å². The third-order valence-corrected chi connectivity index (χ3v) is 6.73. The molecular weight excluding hydrogens is 418 g/mol. The van der Waals surface area contributed by atoms with Crippen molar-refractivity contribution in [3.63, 3.8) is 0 Å². The number of hydrogen-bond acceptors (Lipinski definition) is 5. The normalized spacial score (nSPS) is 11.4. The molecule has 0 unspecified atom stereocenters. The van der Waals surface area contributed by atoms with E-state index >= 15 is 0 Å². The smallest absolute Gasteiger partial charge is 0.256 e. The van der Waals surface area contributed by atoms with Crippen LogP contribution >= 0.6 is 11.3 Å². The van der Waals surface area contributed by atoms with Gasteiger partial charge >= 0.3 is 0 Å². The predicted octanol–water partition coefficient (Wildman–Crippen LogP) is 4.98. The highest BCUT2D eigenvalue weighted by Crippen LogP contribution is 2.28. The molecule has 0 saturated carbocycles. The van der Waals surface area contributed by atoms with Gasteiger partial charge in [-0.3, -0.25) is 9.52 Å². The highest BCUT2D eigenvalue weighted by atomic mass is 32.2. The Balaban J connectivity index is 1.63. The average molecular weight is 438 g/mol. The summed E-state index contributed by atoms with van der Waals surface area (Å²) >= 11 is 1.57. The Kier molecular flexibility index (Phi) is 5.52. The lowest BCUT2D eigenvalue weighted by atomic mass is 10.1. The number of thiophene rings is 1. The molecule has 0 fully saturated rings. The van der Waals surface area contributed by atoms with E-state index < -0.39 is 10.0 Å². The summed E-state index contributed by atoms with van der Waals surface area (Å²) < 4.78 is 25.8. The van der Waals surface area contributed by atoms with Crippen LogP contribution in [-0.2, 0) is 10.0 Å². The van der Waals surface area contributed by atoms with E-state index in [1.807, 2.05) is 41.8 Å². The number of nitrogens with zero attached hydrogens (tertiary/aromatic N) is 1. The van der Waals surface area contributed by atoms with Gasteiger partial charge in [0.1, 0.15) is 0 Å². The molecular formula is C22H19N3O3S2. The minimum absolute atomic E-state index is 0.00677. The summed E-state index contributed by atoms with van der Waals surface area (Å²) in [5, 5.41) is 5.63. The van der Waals surface area contributed by atoms with E-state index in [-0.39, 0.29) is 11.7 Å². The SMILES string of the molecule is CCS(=O)(=O)Nc1ccc(NC(=O)c2cc(-c3cccs3)nc3ccccc23)cc1. The molecule has 0 aliphatic rings. The molecule has 152 valence electrons. The van der Waals surface area contributed by atoms with Crippen molar-refractivity contribution < 1.29 is 13.2 Å². The Morgan fingerprint density at radius 3 is 2.43 bits per heavy atom. The molecule has 0 aliphatic heterocycles. The summed E-state index contributed by atoms with van der Waals surface area (Å²) in [5.41, 5.74) is 3.04. The summed E-state index contributed by atoms with van der Waals surface area (Å²) in [5.74, 6) is -0.263. The average Bonchev–Trinajstić information content (AvgIpc) is 3.29. The van der Waals surface area contributed by atoms with Crippen LogP contribution < -0.4 is 10.0 Å². The number of amides is 1. The number of nitrogens with one attached hydrogen (secondary N) is 2. The quantitative estimate of drug-likeness (QED) is 0.445. The van der Waals surface area contributed by atoms with Gasteiger partial charge < -0.3 is 5.32 Å². The summed E-state index contributed by atoms with van der Waals surface area (Å²) in [6, 6.07) is 19.8. The van der Waals surface area contributed by atoms with Crippen LogP contribution in [0.15, 0.2) is 72.1 Å². The first-order valence-corrected chi connectivity index (χ1v) is 11.8. The number of anilines is 2. The molecule has 8 heteroatoms. The van der Waals surface area contributed by atoms with Crippen molar-refractivity contribution in [1.82, 2.24) is 4.98 Å². The minimum Gasteiger partial charge on any atom is -0.322 e. The minimum atomic E-state index is -3.35. The molecule has 0 radical (unpaired) electrons. The lowest BCUT2D eigenvalue weighted by molar-refractivity contribution is 0.102. The maximum atomic E-state index is 13.1. The van der Waals surface area contributed by atoms with Gasteiger partial charge in [0.2, 0.25) is 10.0 Å². The fourth-order valence-corrected chi connectivity index (χ4v) is 4.31. The molecule has 4 rings (SSSR count). The summed E-state index contributed by atoms with van der Waals surface area (Å²) in [4.78, 5) is 18.7. The third-order valence-electron chi connectivity index (χ3n) is 4.53. The Bertz CT molecular complexity index is 1300. The number of aromatic nitrogens is 1. The zero-order valence-corrected chi connectivity index (χ0v) is 17.8. The van der Waals surface area contributed by atoms with Crippen molar-refractivity contribution in [3.8, 4) is 10.6 Å². The number of carbonyl (C=O) groups excluding carboxylic acids is 1. The van der Waals surface area contributed by atoms with E-state index in [1.54, 1.807) is 48.6 Å². The van der Waals surface area contributed by atoms with Crippen LogP contribution in [0.25, 0.3) is 21.5 Å². The van der Waals surface area contributed by atoms with Gasteiger partial charge in [-0.15, -0.1) is 11.3 Å². The van der Waals surface area contributed by atoms with Crippen LogP contribution in [0.5, 0.6) is 0 Å². The van der Waals surface area contributed by atoms with Gasteiger partial charge in [0.05, 0.1) is 27.4 Å². The van der Waals surface area contributed by atoms with E-state index in [2.05, 4.69) is 15.0 Å². The molecule has 4 aromatic rings. The number of carbonyl (C=O) groups is 1. The van der Waals surface area contributed by atoms with Crippen LogP contribution in [-0.4, -0.2) is 25.1 Å². The Morgan fingerprint density at radius 1 is 1.00 bits per heavy atom. The number of benzene rings is 2. The molecule has 0 saturated heterocycles. The second-order valence-corrected chi connectivity index (χ2v) is 9.55. The van der Waals surface area contributed by atoms with Gasteiger partial charge in [-0.25, -0.2) is 13.4 Å². The highest BCUT2D eigenvalue weighted by Gasteiger charge is 2.15. The number of fused-ring (bicyclic) bond motifs is 1. The van der Waals surface area contributed by atoms with Gasteiger partial charge in [-0.2, -0.15) is 0 Å². The van der Waals surface area contributed by atoms with E-state index in [0.29, 0.717) is 16.9 Å². The van der Waals surface area contributed by atoms with Crippen molar-refractivity contribution in [1.29, 1.82) is 0 Å². The van der Waals surface area contributed by atoms with Crippen molar-refractivity contribution in [3.05, 3.63) is 77.7 Å². The van der Waals surface area contributed by atoms with Crippen LogP contribution in [0.1, 0.15) is 17.3 Å². The van der Waals surface area contributed by atoms with E-state index in [9.17, 15) is 13.2 Å². The second-order valence-electron chi connectivity index (χ2n) is 6.59. The van der Waals surface area contributed by atoms with E-state index in [4.69, 9.17) is 0 Å². The first-order valence-electron chi connectivity index (χ1n) is 9.31. The number of pyridine rings is 1. The van der Waals surface area contributed by atoms with Gasteiger partial charge in [-0.05, 0) is 54.8 Å². The zero-order chi connectivity index (χ0) is 21.1. The topological polar surface area (TPSA) is 88.2 Å². The largest absolute Gasteiger partial charge is 0.322 e. The van der Waals surface area contributed by atoms with Crippen molar-refractivity contribution >= 4 is 49.5 Å². The molecule has 0 bridgehead atoms. The molecule has 2 heterocycles. The second kappa shape index (κ2) is 8.25. The summed E-state index contributed by atoms with van der Waals surface area (Å²) in [6.07, 6.45) is 0. The van der Waals surface area contributed by atoms with E-state index in [0.717, 1.165) is 21.5 Å². The Hall–Kier alpha value is -3.23. The maximum absolute atomic E-state index is 13.1. The van der Waals surface area contributed by atoms with E-state index in [1.165, 1.54) is 0 Å². The fourth-order valence-electron chi connectivity index (χ4n) is 2.99. The molecule has 2 aromatic carbocycles. The number of sulfonamides is 1. The highest BCUT2D eigenvalue weighted by molar-refractivity contribution is 7.92. The summed E-state index contributed by atoms with van der Waals surface area (Å²) in [7, 11) is -3.35. The first-order chi connectivity index (χ1) is 14.4. The molecule has 0 spiro atoms. The van der Waals surface area contributed by atoms with Gasteiger partial charge in [0.15, 0.2) is 0 Å². The molecule has 1 amide bonds. The van der Waals surface area contributed by atoms with Gasteiger partial charge in [0.25, 0.3) is 5.91 Å². The molecule has 0 aliphatic carbocycles. The molecule has 2 N–H and O–H groups in total. The molecule has 2 aromatic heterocycles. The summed E-state index contributed by atoms with van der Waals surface area (Å²) in [6.45, 7) is 1.57. The van der Waals surface area contributed by atoms with Crippen LogP contribution in [0.3, 0.4) is 0 Å². The molecule has 30 heavy (non-hydrogen) atoms. The Labute approximate surface area is 178 Å². The Morgan fingerprint density at radius 2 is 1.73 bits per heavy atom. The number of para-hydroxylation sites is 1. The zero-order valence-electron chi connectivity index (χ0n) is 16.1. The van der Waals surface area contributed by atoms with Crippen molar-refractivity contribution in [2.45, 2.75) is 6.92 Å². The lowest BCUT2D eigenvalue weighted by Crippen LogP contribution is -2.15. The first kappa shape index (κ1) is 20.1. The predicted molar refractivity (Wildman–Crippen MR) is 123 cm³/mol. The van der Waals surface area contributed by atoms with Crippen LogP contribution in [0.4, 0.5) is 11.4 Å². The maximum Gasteiger partial charge on any atom is 0.256 e. The third kappa shape index (κ3) is 4.34. The standard InChI is InChI=1S/C22H19N3O3S2/c1-2-30(27,28)25-16-11-9-15(10-12-16)23-22(26)18-14-20(21-8-5-13-29-21)24-19-7-4-3-6-17(18)19/h3-14,25H,2H2,1H3,(H,23,26). The van der Waals surface area contributed by atoms with Gasteiger partial charge in [0, 0.05) is 16.8 Å². The lowest BCUT2D eigenvalue weighted by Gasteiger charge is -2.11. The van der Waals surface area contributed by atoms with Crippen LogP contribution in [0.2, 0.25) is 0 Å². The van der Waals surface area contributed by atoms with Gasteiger partial charge in [-0.1, -0.05) is 24.3 Å². The fraction of sp³-hybridized carbons (Fsp3) is 0.0909. The molecule has 0 atom stereocenters. The number of rotatable bonds is 6. The van der Waals surface area contributed by atoms with Crippen molar-refractivity contribution in [2.75, 3.05) is 15.8 Å².